The van der Waals surface area contributed by atoms with Gasteiger partial charge in [0.05, 0.1) is 10.6 Å². The standard InChI is InChI=1S/C18H19ClF3N3S/c1-10(2)23-16-9-13(5-4-11(16)3)25-17(26)24-12-6-7-15(19)14(8-12)18(20,21)22/h4-10,23H,1-3H3,(H2,24,25,26). The third-order valence-corrected chi connectivity index (χ3v) is 4.00. The minimum Gasteiger partial charge on any atom is -0.383 e. The van der Waals surface area contributed by atoms with E-state index < -0.39 is 11.7 Å². The van der Waals surface area contributed by atoms with Crippen molar-refractivity contribution in [1.82, 2.24) is 0 Å². The summed E-state index contributed by atoms with van der Waals surface area (Å²) < 4.78 is 38.8. The second kappa shape index (κ2) is 8.14. The first-order valence-electron chi connectivity index (χ1n) is 7.88. The van der Waals surface area contributed by atoms with Crippen LogP contribution in [0.15, 0.2) is 36.4 Å². The molecule has 0 saturated heterocycles. The molecule has 2 aromatic rings. The molecule has 0 aliphatic heterocycles. The zero-order valence-electron chi connectivity index (χ0n) is 14.5. The van der Waals surface area contributed by atoms with Gasteiger partial charge in [-0.3, -0.25) is 0 Å². The fourth-order valence-electron chi connectivity index (χ4n) is 2.28. The van der Waals surface area contributed by atoms with Crippen LogP contribution in [0.2, 0.25) is 5.02 Å². The third kappa shape index (κ3) is 5.51. The third-order valence-electron chi connectivity index (χ3n) is 3.47. The molecule has 0 fully saturated rings. The summed E-state index contributed by atoms with van der Waals surface area (Å²) >= 11 is 10.8. The summed E-state index contributed by atoms with van der Waals surface area (Å²) in [5.41, 5.74) is 2.05. The molecule has 0 radical (unpaired) electrons. The van der Waals surface area contributed by atoms with Gasteiger partial charge in [0.15, 0.2) is 5.11 Å². The fourth-order valence-corrected chi connectivity index (χ4v) is 2.74. The van der Waals surface area contributed by atoms with Crippen LogP contribution in [-0.2, 0) is 6.18 Å². The summed E-state index contributed by atoms with van der Waals surface area (Å²) in [5, 5.41) is 8.86. The number of rotatable bonds is 4. The Hall–Kier alpha value is -1.99. The molecule has 0 aliphatic rings. The first-order chi connectivity index (χ1) is 12.1. The molecule has 0 saturated carbocycles. The van der Waals surface area contributed by atoms with Crippen molar-refractivity contribution in [3.8, 4) is 0 Å². The zero-order valence-corrected chi connectivity index (χ0v) is 16.0. The van der Waals surface area contributed by atoms with Gasteiger partial charge < -0.3 is 16.0 Å². The molecule has 0 atom stereocenters. The van der Waals surface area contributed by atoms with E-state index in [2.05, 4.69) is 16.0 Å². The highest BCUT2D eigenvalue weighted by Crippen LogP contribution is 2.36. The minimum atomic E-state index is -4.53. The second-order valence-electron chi connectivity index (χ2n) is 6.10. The van der Waals surface area contributed by atoms with Crippen molar-refractivity contribution in [3.05, 3.63) is 52.5 Å². The average Bonchev–Trinajstić information content (AvgIpc) is 2.51. The predicted octanol–water partition coefficient (Wildman–Crippen LogP) is 6.30. The van der Waals surface area contributed by atoms with Gasteiger partial charge in [-0.25, -0.2) is 0 Å². The Bertz CT molecular complexity index is 807. The van der Waals surface area contributed by atoms with E-state index in [4.69, 9.17) is 23.8 Å². The highest BCUT2D eigenvalue weighted by Gasteiger charge is 2.33. The van der Waals surface area contributed by atoms with Gasteiger partial charge in [-0.05, 0) is 68.9 Å². The highest BCUT2D eigenvalue weighted by molar-refractivity contribution is 7.80. The van der Waals surface area contributed by atoms with Gasteiger partial charge in [0.25, 0.3) is 0 Å². The van der Waals surface area contributed by atoms with Crippen molar-refractivity contribution in [1.29, 1.82) is 0 Å². The van der Waals surface area contributed by atoms with E-state index in [9.17, 15) is 13.2 Å². The maximum absolute atomic E-state index is 12.9. The van der Waals surface area contributed by atoms with Crippen LogP contribution < -0.4 is 16.0 Å². The Morgan fingerprint density at radius 2 is 1.62 bits per heavy atom. The van der Waals surface area contributed by atoms with Gasteiger partial charge >= 0.3 is 6.18 Å². The highest BCUT2D eigenvalue weighted by atomic mass is 35.5. The van der Waals surface area contributed by atoms with E-state index in [1.54, 1.807) is 0 Å². The van der Waals surface area contributed by atoms with Crippen LogP contribution in [0.25, 0.3) is 0 Å². The lowest BCUT2D eigenvalue weighted by atomic mass is 10.1. The van der Waals surface area contributed by atoms with Gasteiger partial charge in [-0.2, -0.15) is 13.2 Å². The molecule has 3 N–H and O–H groups in total. The van der Waals surface area contributed by atoms with Crippen LogP contribution in [-0.4, -0.2) is 11.2 Å². The minimum absolute atomic E-state index is 0.180. The first-order valence-corrected chi connectivity index (χ1v) is 8.67. The summed E-state index contributed by atoms with van der Waals surface area (Å²) in [7, 11) is 0. The lowest BCUT2D eigenvalue weighted by Gasteiger charge is -2.16. The van der Waals surface area contributed by atoms with Crippen LogP contribution in [0.1, 0.15) is 25.0 Å². The van der Waals surface area contributed by atoms with Crippen LogP contribution in [0.4, 0.5) is 30.2 Å². The van der Waals surface area contributed by atoms with Gasteiger partial charge in [0, 0.05) is 23.1 Å². The molecular formula is C18H19ClF3N3S. The summed E-state index contributed by atoms with van der Waals surface area (Å²) in [5.74, 6) is 0. The van der Waals surface area contributed by atoms with E-state index in [1.165, 1.54) is 12.1 Å². The predicted molar refractivity (Wildman–Crippen MR) is 106 cm³/mol. The quantitative estimate of drug-likeness (QED) is 0.525. The Morgan fingerprint density at radius 3 is 2.19 bits per heavy atom. The van der Waals surface area contributed by atoms with E-state index >= 15 is 0 Å². The van der Waals surface area contributed by atoms with Crippen LogP contribution in [0, 0.1) is 6.92 Å². The molecule has 2 aromatic carbocycles. The maximum Gasteiger partial charge on any atom is 0.417 e. The lowest BCUT2D eigenvalue weighted by Crippen LogP contribution is -2.20. The van der Waals surface area contributed by atoms with Crippen molar-refractivity contribution < 1.29 is 13.2 Å². The maximum atomic E-state index is 12.9. The molecule has 0 aromatic heterocycles. The first kappa shape index (κ1) is 20.3. The number of benzene rings is 2. The molecule has 0 spiro atoms. The normalized spacial score (nSPS) is 11.4. The Balaban J connectivity index is 2.12. The van der Waals surface area contributed by atoms with Crippen LogP contribution in [0.5, 0.6) is 0 Å². The molecule has 0 amide bonds. The van der Waals surface area contributed by atoms with E-state index in [0.29, 0.717) is 0 Å². The van der Waals surface area contributed by atoms with Crippen molar-refractivity contribution in [2.45, 2.75) is 33.0 Å². The molecule has 0 aliphatic carbocycles. The smallest absolute Gasteiger partial charge is 0.383 e. The molecule has 140 valence electrons. The molecular weight excluding hydrogens is 383 g/mol. The summed E-state index contributed by atoms with van der Waals surface area (Å²) in [6, 6.07) is 9.49. The number of anilines is 3. The number of hydrogen-bond donors (Lipinski definition) is 3. The van der Waals surface area contributed by atoms with Crippen molar-refractivity contribution in [3.63, 3.8) is 0 Å². The second-order valence-corrected chi connectivity index (χ2v) is 6.92. The molecule has 8 heteroatoms. The van der Waals surface area contributed by atoms with Gasteiger partial charge in [0.2, 0.25) is 0 Å². The van der Waals surface area contributed by atoms with Crippen molar-refractivity contribution in [2.24, 2.45) is 0 Å². The lowest BCUT2D eigenvalue weighted by molar-refractivity contribution is -0.137. The molecule has 26 heavy (non-hydrogen) atoms. The average molecular weight is 402 g/mol. The number of nitrogens with one attached hydrogen (secondary N) is 3. The largest absolute Gasteiger partial charge is 0.417 e. The number of hydrogen-bond acceptors (Lipinski definition) is 2. The van der Waals surface area contributed by atoms with Gasteiger partial charge in [-0.15, -0.1) is 0 Å². The Kier molecular flexibility index (Phi) is 6.36. The topological polar surface area (TPSA) is 36.1 Å². The van der Waals surface area contributed by atoms with E-state index in [1.807, 2.05) is 39.0 Å². The van der Waals surface area contributed by atoms with Crippen molar-refractivity contribution >= 4 is 46.0 Å². The van der Waals surface area contributed by atoms with Crippen LogP contribution in [0.3, 0.4) is 0 Å². The molecule has 0 bridgehead atoms. The van der Waals surface area contributed by atoms with E-state index in [0.717, 1.165) is 23.0 Å². The van der Waals surface area contributed by atoms with Gasteiger partial charge in [-0.1, -0.05) is 17.7 Å². The zero-order chi connectivity index (χ0) is 19.5. The summed E-state index contributed by atoms with van der Waals surface area (Å²) in [6.07, 6.45) is -4.53. The monoisotopic (exact) mass is 401 g/mol. The molecule has 0 heterocycles. The number of aryl methyl sites for hydroxylation is 1. The fraction of sp³-hybridized carbons (Fsp3) is 0.278. The number of alkyl halides is 3. The molecule has 0 unspecified atom stereocenters. The Morgan fingerprint density at radius 1 is 1.04 bits per heavy atom. The number of halogens is 4. The van der Waals surface area contributed by atoms with Crippen molar-refractivity contribution in [2.75, 3.05) is 16.0 Å². The van der Waals surface area contributed by atoms with Crippen LogP contribution >= 0.6 is 23.8 Å². The number of thiocarbonyl (C=S) groups is 1. The molecule has 3 nitrogen and oxygen atoms in total. The Labute approximate surface area is 160 Å². The SMILES string of the molecule is Cc1ccc(NC(=S)Nc2ccc(Cl)c(C(F)(F)F)c2)cc1NC(C)C. The van der Waals surface area contributed by atoms with Gasteiger partial charge in [0.1, 0.15) is 0 Å². The summed E-state index contributed by atoms with van der Waals surface area (Å²) in [4.78, 5) is 0. The molecule has 2 rings (SSSR count). The van der Waals surface area contributed by atoms with E-state index in [-0.39, 0.29) is 21.9 Å². The summed E-state index contributed by atoms with van der Waals surface area (Å²) in [6.45, 7) is 6.05.